The summed E-state index contributed by atoms with van der Waals surface area (Å²) in [6.07, 6.45) is 1.10. The van der Waals surface area contributed by atoms with Crippen LogP contribution >= 0.6 is 0 Å². The molecule has 0 fully saturated rings. The van der Waals surface area contributed by atoms with E-state index in [4.69, 9.17) is 9.47 Å². The Morgan fingerprint density at radius 3 is 2.19 bits per heavy atom. The molecule has 1 N–H and O–H groups in total. The van der Waals surface area contributed by atoms with Crippen molar-refractivity contribution in [3.63, 3.8) is 0 Å². The van der Waals surface area contributed by atoms with E-state index in [0.717, 1.165) is 5.56 Å². The third-order valence-corrected chi connectivity index (χ3v) is 5.71. The first-order valence-electron chi connectivity index (χ1n) is 12.6. The van der Waals surface area contributed by atoms with Gasteiger partial charge in [0.15, 0.2) is 6.61 Å². The molecule has 7 heteroatoms. The van der Waals surface area contributed by atoms with Gasteiger partial charge in [0.1, 0.15) is 17.6 Å². The lowest BCUT2D eigenvalue weighted by atomic mass is 10.0. The molecule has 0 aliphatic rings. The molecule has 0 spiro atoms. The van der Waals surface area contributed by atoms with Gasteiger partial charge in [-0.3, -0.25) is 9.59 Å². The number of nitrogens with one attached hydrogen (secondary N) is 1. The fourth-order valence-electron chi connectivity index (χ4n) is 3.81. The van der Waals surface area contributed by atoms with Crippen molar-refractivity contribution in [2.75, 3.05) is 19.8 Å². The summed E-state index contributed by atoms with van der Waals surface area (Å²) in [6.45, 7) is 4.79. The van der Waals surface area contributed by atoms with Crippen molar-refractivity contribution in [2.24, 2.45) is 0 Å². The van der Waals surface area contributed by atoms with E-state index >= 15 is 0 Å². The van der Waals surface area contributed by atoms with Crippen LogP contribution in [-0.4, -0.2) is 48.6 Å². The largest absolute Gasteiger partial charge is 0.484 e. The molecule has 0 aliphatic carbocycles. The van der Waals surface area contributed by atoms with Crippen LogP contribution < -0.4 is 10.1 Å². The van der Waals surface area contributed by atoms with E-state index in [1.54, 1.807) is 24.3 Å². The van der Waals surface area contributed by atoms with Crippen LogP contribution in [0.5, 0.6) is 5.75 Å². The molecule has 37 heavy (non-hydrogen) atoms. The lowest BCUT2D eigenvalue weighted by Crippen LogP contribution is -2.52. The summed E-state index contributed by atoms with van der Waals surface area (Å²) in [5.74, 6) is -0.404. The average Bonchev–Trinajstić information content (AvgIpc) is 2.91. The minimum Gasteiger partial charge on any atom is -0.484 e. The molecule has 0 aliphatic heterocycles. The highest BCUT2D eigenvalue weighted by Gasteiger charge is 2.30. The molecule has 6 nitrogen and oxygen atoms in total. The summed E-state index contributed by atoms with van der Waals surface area (Å²) < 4.78 is 24.8. The van der Waals surface area contributed by atoms with Crippen LogP contribution in [0.4, 0.5) is 4.39 Å². The van der Waals surface area contributed by atoms with Crippen molar-refractivity contribution in [3.8, 4) is 5.75 Å². The molecule has 0 bridgehead atoms. The molecule has 0 saturated heterocycles. The summed E-state index contributed by atoms with van der Waals surface area (Å²) in [5.41, 5.74) is 1.64. The number of rotatable bonds is 14. The Labute approximate surface area is 218 Å². The first-order valence-corrected chi connectivity index (χ1v) is 12.6. The molecular formula is C30H35FN2O4. The van der Waals surface area contributed by atoms with Gasteiger partial charge in [0, 0.05) is 26.1 Å². The molecule has 3 aromatic rings. The van der Waals surface area contributed by atoms with Crippen LogP contribution in [0.25, 0.3) is 0 Å². The first-order chi connectivity index (χ1) is 17.9. The molecular weight excluding hydrogens is 471 g/mol. The smallest absolute Gasteiger partial charge is 0.261 e. The van der Waals surface area contributed by atoms with Crippen LogP contribution in [-0.2, 0) is 27.3 Å². The highest BCUT2D eigenvalue weighted by atomic mass is 19.1. The van der Waals surface area contributed by atoms with E-state index in [-0.39, 0.29) is 36.9 Å². The Morgan fingerprint density at radius 2 is 1.54 bits per heavy atom. The van der Waals surface area contributed by atoms with Crippen molar-refractivity contribution >= 4 is 11.8 Å². The summed E-state index contributed by atoms with van der Waals surface area (Å²) in [4.78, 5) is 28.5. The van der Waals surface area contributed by atoms with Crippen LogP contribution in [0.15, 0.2) is 84.9 Å². The topological polar surface area (TPSA) is 67.9 Å². The number of hydrogen-bond acceptors (Lipinski definition) is 4. The fourth-order valence-corrected chi connectivity index (χ4v) is 3.81. The van der Waals surface area contributed by atoms with Crippen LogP contribution in [0.2, 0.25) is 0 Å². The highest BCUT2D eigenvalue weighted by molar-refractivity contribution is 5.88. The van der Waals surface area contributed by atoms with Gasteiger partial charge in [-0.1, -0.05) is 60.7 Å². The quantitative estimate of drug-likeness (QED) is 0.320. The van der Waals surface area contributed by atoms with Gasteiger partial charge in [-0.15, -0.1) is 0 Å². The Bertz CT molecular complexity index is 1090. The van der Waals surface area contributed by atoms with Gasteiger partial charge in [-0.2, -0.15) is 0 Å². The number of carbonyl (C=O) groups is 2. The molecule has 2 amide bonds. The molecule has 3 aromatic carbocycles. The molecule has 1 atom stereocenters. The molecule has 3 rings (SSSR count). The highest BCUT2D eigenvalue weighted by Crippen LogP contribution is 2.16. The number of para-hydroxylation sites is 1. The third-order valence-electron chi connectivity index (χ3n) is 5.71. The van der Waals surface area contributed by atoms with Gasteiger partial charge >= 0.3 is 0 Å². The Morgan fingerprint density at radius 1 is 0.892 bits per heavy atom. The lowest BCUT2D eigenvalue weighted by Gasteiger charge is -2.31. The summed E-state index contributed by atoms with van der Waals surface area (Å²) in [5, 5.41) is 2.97. The second kappa shape index (κ2) is 14.8. The van der Waals surface area contributed by atoms with Crippen LogP contribution in [0.3, 0.4) is 0 Å². The SMILES string of the molecule is CC(C)OCCCNC(=O)[C@H](Cc1ccccc1)N(Cc1ccc(F)cc1)C(=O)COc1ccccc1. The minimum atomic E-state index is -0.787. The zero-order valence-corrected chi connectivity index (χ0v) is 21.4. The van der Waals surface area contributed by atoms with Crippen molar-refractivity contribution in [3.05, 3.63) is 102 Å². The number of ether oxygens (including phenoxy) is 2. The number of benzene rings is 3. The first kappa shape index (κ1) is 27.9. The number of hydrogen-bond donors (Lipinski definition) is 1. The van der Waals surface area contributed by atoms with E-state index in [0.29, 0.717) is 37.3 Å². The molecule has 0 heterocycles. The number of halogens is 1. The van der Waals surface area contributed by atoms with Crippen LogP contribution in [0, 0.1) is 5.82 Å². The van der Waals surface area contributed by atoms with Crippen molar-refractivity contribution < 1.29 is 23.5 Å². The predicted molar refractivity (Wildman–Crippen MR) is 142 cm³/mol. The third kappa shape index (κ3) is 9.69. The predicted octanol–water partition coefficient (Wildman–Crippen LogP) is 4.78. The summed E-state index contributed by atoms with van der Waals surface area (Å²) >= 11 is 0. The van der Waals surface area contributed by atoms with Crippen molar-refractivity contribution in [1.29, 1.82) is 0 Å². The number of nitrogens with zero attached hydrogens (tertiary/aromatic N) is 1. The summed E-state index contributed by atoms with van der Waals surface area (Å²) in [6, 6.07) is 23.8. The maximum Gasteiger partial charge on any atom is 0.261 e. The Kier molecular flexibility index (Phi) is 11.1. The minimum absolute atomic E-state index is 0.120. The van der Waals surface area contributed by atoms with Gasteiger partial charge in [0.25, 0.3) is 5.91 Å². The second-order valence-electron chi connectivity index (χ2n) is 9.02. The molecule has 0 aromatic heterocycles. The van der Waals surface area contributed by atoms with Crippen molar-refractivity contribution in [2.45, 2.75) is 45.4 Å². The van der Waals surface area contributed by atoms with Crippen LogP contribution in [0.1, 0.15) is 31.4 Å². The monoisotopic (exact) mass is 506 g/mol. The van der Waals surface area contributed by atoms with E-state index in [9.17, 15) is 14.0 Å². The number of carbonyl (C=O) groups excluding carboxylic acids is 2. The van der Waals surface area contributed by atoms with E-state index in [1.807, 2.05) is 62.4 Å². The van der Waals surface area contributed by atoms with Crippen molar-refractivity contribution in [1.82, 2.24) is 10.2 Å². The Balaban J connectivity index is 1.81. The average molecular weight is 507 g/mol. The van der Waals surface area contributed by atoms with E-state index in [2.05, 4.69) is 5.32 Å². The maximum absolute atomic E-state index is 13.5. The van der Waals surface area contributed by atoms with E-state index < -0.39 is 6.04 Å². The summed E-state index contributed by atoms with van der Waals surface area (Å²) in [7, 11) is 0. The number of amides is 2. The zero-order valence-electron chi connectivity index (χ0n) is 21.4. The molecule has 0 saturated carbocycles. The van der Waals surface area contributed by atoms with Gasteiger partial charge in [0.2, 0.25) is 5.91 Å². The van der Waals surface area contributed by atoms with Gasteiger partial charge in [-0.05, 0) is 55.7 Å². The maximum atomic E-state index is 13.5. The fraction of sp³-hybridized carbons (Fsp3) is 0.333. The van der Waals surface area contributed by atoms with Gasteiger partial charge in [0.05, 0.1) is 6.10 Å². The Hall–Kier alpha value is -3.71. The standard InChI is InChI=1S/C30H35FN2O4/c1-23(2)36-19-9-18-32-30(35)28(20-24-10-5-3-6-11-24)33(21-25-14-16-26(31)17-15-25)29(34)22-37-27-12-7-4-8-13-27/h3-8,10-17,23,28H,9,18-22H2,1-2H3,(H,32,35)/t28-/m0/s1. The normalized spacial score (nSPS) is 11.7. The van der Waals surface area contributed by atoms with E-state index in [1.165, 1.54) is 17.0 Å². The zero-order chi connectivity index (χ0) is 26.5. The molecule has 0 radical (unpaired) electrons. The second-order valence-corrected chi connectivity index (χ2v) is 9.02. The molecule has 196 valence electrons. The lowest BCUT2D eigenvalue weighted by molar-refractivity contribution is -0.142. The van der Waals surface area contributed by atoms with Gasteiger partial charge < -0.3 is 19.7 Å². The molecule has 0 unspecified atom stereocenters. The van der Waals surface area contributed by atoms with Gasteiger partial charge in [-0.25, -0.2) is 4.39 Å².